The Balaban J connectivity index is 1.67. The van der Waals surface area contributed by atoms with Gasteiger partial charge < -0.3 is 10.1 Å². The van der Waals surface area contributed by atoms with Crippen molar-refractivity contribution in [1.82, 2.24) is 25.9 Å². The normalized spacial score (nSPS) is 16.7. The number of benzene rings is 1. The number of ether oxygens (including phenoxy) is 1. The highest BCUT2D eigenvalue weighted by atomic mass is 16.5. The molecule has 1 aromatic heterocycles. The maximum atomic E-state index is 5.92. The molecule has 6 nitrogen and oxygen atoms in total. The molecule has 0 unspecified atom stereocenters. The lowest BCUT2D eigenvalue weighted by Crippen LogP contribution is -2.34. The van der Waals surface area contributed by atoms with Crippen LogP contribution in [0.3, 0.4) is 0 Å². The summed E-state index contributed by atoms with van der Waals surface area (Å²) in [6, 6.07) is 7.80. The number of nitrogens with one attached hydrogen (secondary N) is 2. The molecule has 3 rings (SSSR count). The van der Waals surface area contributed by atoms with Gasteiger partial charge in [0.1, 0.15) is 11.9 Å². The summed E-state index contributed by atoms with van der Waals surface area (Å²) in [4.78, 5) is 0. The van der Waals surface area contributed by atoms with E-state index in [1.165, 1.54) is 0 Å². The first-order chi connectivity index (χ1) is 8.92. The molecule has 0 aliphatic carbocycles. The first-order valence-corrected chi connectivity index (χ1v) is 6.13. The van der Waals surface area contributed by atoms with Crippen LogP contribution < -0.4 is 10.1 Å². The molecule has 1 aromatic carbocycles. The van der Waals surface area contributed by atoms with Crippen LogP contribution in [-0.4, -0.2) is 39.8 Å². The number of hydrogen-bond acceptors (Lipinski definition) is 5. The lowest BCUT2D eigenvalue weighted by Gasteiger charge is -2.23. The lowest BCUT2D eigenvalue weighted by molar-refractivity contribution is 0.162. The summed E-state index contributed by atoms with van der Waals surface area (Å²) >= 11 is 0. The predicted octanol–water partition coefficient (Wildman–Crippen LogP) is 0.997. The molecule has 0 amide bonds. The van der Waals surface area contributed by atoms with Crippen LogP contribution >= 0.6 is 0 Å². The van der Waals surface area contributed by atoms with E-state index in [-0.39, 0.29) is 0 Å². The standard InChI is InChI=1S/C12H15N5O/c1-3-10(18-11-5-7-13-8-6-11)4-2-9(1)12-14-16-17-15-12/h1-4,11,13H,5-8H2,(H,14,15,16,17). The van der Waals surface area contributed by atoms with Crippen LogP contribution in [0.1, 0.15) is 12.8 Å². The average Bonchev–Trinajstić information content (AvgIpc) is 2.95. The third kappa shape index (κ3) is 2.48. The molecule has 2 heterocycles. The second-order valence-corrected chi connectivity index (χ2v) is 4.33. The highest BCUT2D eigenvalue weighted by Gasteiger charge is 2.14. The van der Waals surface area contributed by atoms with Crippen molar-refractivity contribution in [3.63, 3.8) is 0 Å². The topological polar surface area (TPSA) is 75.7 Å². The number of piperidine rings is 1. The lowest BCUT2D eigenvalue weighted by atomic mass is 10.1. The van der Waals surface area contributed by atoms with E-state index in [1.807, 2.05) is 24.3 Å². The van der Waals surface area contributed by atoms with E-state index < -0.39 is 0 Å². The predicted molar refractivity (Wildman–Crippen MR) is 66.1 cm³/mol. The molecule has 0 saturated carbocycles. The summed E-state index contributed by atoms with van der Waals surface area (Å²) < 4.78 is 5.92. The summed E-state index contributed by atoms with van der Waals surface area (Å²) in [6.07, 6.45) is 2.45. The summed E-state index contributed by atoms with van der Waals surface area (Å²) in [5.41, 5.74) is 0.932. The molecule has 6 heteroatoms. The van der Waals surface area contributed by atoms with Gasteiger partial charge in [0, 0.05) is 5.56 Å². The summed E-state index contributed by atoms with van der Waals surface area (Å²) in [5, 5.41) is 17.2. The zero-order valence-electron chi connectivity index (χ0n) is 9.97. The van der Waals surface area contributed by atoms with E-state index in [9.17, 15) is 0 Å². The molecule has 0 atom stereocenters. The Morgan fingerprint density at radius 1 is 1.11 bits per heavy atom. The molecule has 1 fully saturated rings. The SMILES string of the molecule is c1cc(-c2nn[nH]n2)ccc1OC1CCNCC1. The third-order valence-corrected chi connectivity index (χ3v) is 3.05. The van der Waals surface area contributed by atoms with E-state index >= 15 is 0 Å². The van der Waals surface area contributed by atoms with Gasteiger partial charge >= 0.3 is 0 Å². The number of aromatic nitrogens is 4. The number of H-pyrrole nitrogens is 1. The van der Waals surface area contributed by atoms with Gasteiger partial charge in [-0.15, -0.1) is 10.2 Å². The molecule has 1 aliphatic heterocycles. The van der Waals surface area contributed by atoms with Crippen molar-refractivity contribution in [3.8, 4) is 17.1 Å². The highest BCUT2D eigenvalue weighted by molar-refractivity contribution is 5.54. The molecule has 94 valence electrons. The number of rotatable bonds is 3. The summed E-state index contributed by atoms with van der Waals surface area (Å²) in [7, 11) is 0. The number of tetrazole rings is 1. The van der Waals surface area contributed by atoms with E-state index in [0.717, 1.165) is 37.2 Å². The van der Waals surface area contributed by atoms with Gasteiger partial charge in [-0.2, -0.15) is 5.21 Å². The van der Waals surface area contributed by atoms with E-state index in [1.54, 1.807) is 0 Å². The molecule has 2 aromatic rings. The van der Waals surface area contributed by atoms with E-state index in [0.29, 0.717) is 11.9 Å². The van der Waals surface area contributed by atoms with Crippen LogP contribution in [0.5, 0.6) is 5.75 Å². The first kappa shape index (κ1) is 11.2. The van der Waals surface area contributed by atoms with Gasteiger partial charge in [0.2, 0.25) is 5.82 Å². The molecule has 0 bridgehead atoms. The zero-order chi connectivity index (χ0) is 12.2. The molecule has 1 aliphatic rings. The van der Waals surface area contributed by atoms with Crippen molar-refractivity contribution in [2.45, 2.75) is 18.9 Å². The Hall–Kier alpha value is -1.95. The van der Waals surface area contributed by atoms with Gasteiger partial charge in [-0.05, 0) is 55.4 Å². The molecule has 0 spiro atoms. The van der Waals surface area contributed by atoms with Crippen LogP contribution in [0.15, 0.2) is 24.3 Å². The van der Waals surface area contributed by atoms with Crippen LogP contribution in [0.25, 0.3) is 11.4 Å². The fraction of sp³-hybridized carbons (Fsp3) is 0.417. The summed E-state index contributed by atoms with van der Waals surface area (Å²) in [6.45, 7) is 2.07. The minimum absolute atomic E-state index is 0.322. The fourth-order valence-corrected chi connectivity index (χ4v) is 2.07. The quantitative estimate of drug-likeness (QED) is 0.843. The highest BCUT2D eigenvalue weighted by Crippen LogP contribution is 2.21. The second kappa shape index (κ2) is 5.14. The monoisotopic (exact) mass is 245 g/mol. The smallest absolute Gasteiger partial charge is 0.204 e. The Labute approximate surface area is 105 Å². The van der Waals surface area contributed by atoms with Crippen molar-refractivity contribution in [2.75, 3.05) is 13.1 Å². The van der Waals surface area contributed by atoms with Crippen molar-refractivity contribution in [2.24, 2.45) is 0 Å². The minimum atomic E-state index is 0.322. The first-order valence-electron chi connectivity index (χ1n) is 6.13. The van der Waals surface area contributed by atoms with E-state index in [2.05, 4.69) is 25.9 Å². The van der Waals surface area contributed by atoms with Crippen LogP contribution in [-0.2, 0) is 0 Å². The number of aromatic amines is 1. The number of hydrogen-bond donors (Lipinski definition) is 2. The van der Waals surface area contributed by atoms with Crippen molar-refractivity contribution >= 4 is 0 Å². The third-order valence-electron chi connectivity index (χ3n) is 3.05. The molecular formula is C12H15N5O. The fourth-order valence-electron chi connectivity index (χ4n) is 2.07. The Kier molecular flexibility index (Phi) is 3.18. The van der Waals surface area contributed by atoms with Crippen molar-refractivity contribution < 1.29 is 4.74 Å². The molecule has 18 heavy (non-hydrogen) atoms. The zero-order valence-corrected chi connectivity index (χ0v) is 9.97. The maximum absolute atomic E-state index is 5.92. The van der Waals surface area contributed by atoms with Crippen molar-refractivity contribution in [1.29, 1.82) is 0 Å². The Bertz CT molecular complexity index is 476. The van der Waals surface area contributed by atoms with Gasteiger partial charge in [-0.1, -0.05) is 0 Å². The molecular weight excluding hydrogens is 230 g/mol. The van der Waals surface area contributed by atoms with Crippen LogP contribution in [0, 0.1) is 0 Å². The van der Waals surface area contributed by atoms with Gasteiger partial charge in [-0.25, -0.2) is 0 Å². The maximum Gasteiger partial charge on any atom is 0.204 e. The van der Waals surface area contributed by atoms with Gasteiger partial charge in [0.25, 0.3) is 0 Å². The van der Waals surface area contributed by atoms with Gasteiger partial charge in [-0.3, -0.25) is 0 Å². The van der Waals surface area contributed by atoms with Crippen LogP contribution in [0.4, 0.5) is 0 Å². The summed E-state index contributed by atoms with van der Waals surface area (Å²) in [5.74, 6) is 1.50. The Morgan fingerprint density at radius 2 is 1.89 bits per heavy atom. The molecule has 2 N–H and O–H groups in total. The second-order valence-electron chi connectivity index (χ2n) is 4.33. The van der Waals surface area contributed by atoms with E-state index in [4.69, 9.17) is 4.74 Å². The van der Waals surface area contributed by atoms with Crippen LogP contribution in [0.2, 0.25) is 0 Å². The molecule has 0 radical (unpaired) electrons. The van der Waals surface area contributed by atoms with Gasteiger partial charge in [0.05, 0.1) is 0 Å². The molecule has 1 saturated heterocycles. The van der Waals surface area contributed by atoms with Gasteiger partial charge in [0.15, 0.2) is 0 Å². The largest absolute Gasteiger partial charge is 0.490 e. The minimum Gasteiger partial charge on any atom is -0.490 e. The van der Waals surface area contributed by atoms with Crippen molar-refractivity contribution in [3.05, 3.63) is 24.3 Å². The number of nitrogens with zero attached hydrogens (tertiary/aromatic N) is 3. The Morgan fingerprint density at radius 3 is 2.56 bits per heavy atom. The average molecular weight is 245 g/mol.